The molecule has 1 heterocycles. The fraction of sp³-hybridized carbons (Fsp3) is 0.526. The van der Waals surface area contributed by atoms with Crippen LogP contribution in [0.5, 0.6) is 0 Å². The van der Waals surface area contributed by atoms with Crippen molar-refractivity contribution >= 4 is 23.3 Å². The first-order valence-electron chi connectivity index (χ1n) is 16.5. The second kappa shape index (κ2) is 11.2. The number of ether oxygens (including phenoxy) is 2. The van der Waals surface area contributed by atoms with E-state index in [0.29, 0.717) is 30.8 Å². The molecule has 46 heavy (non-hydrogen) atoms. The van der Waals surface area contributed by atoms with Gasteiger partial charge in [0.15, 0.2) is 29.1 Å². The average molecular weight is 647 g/mol. The fourth-order valence-corrected chi connectivity index (χ4v) is 10.7. The number of aliphatic hydroxyl groups excluding tert-OH is 2. The summed E-state index contributed by atoms with van der Waals surface area (Å²) in [6.45, 7) is 7.37. The number of allylic oxidation sites excluding steroid dienone is 4. The van der Waals surface area contributed by atoms with E-state index in [1.54, 1.807) is 24.8 Å². The summed E-state index contributed by atoms with van der Waals surface area (Å²) in [5.41, 5.74) is -2.89. The zero-order valence-corrected chi connectivity index (χ0v) is 27.7. The lowest BCUT2D eigenvalue weighted by molar-refractivity contribution is -0.231. The van der Waals surface area contributed by atoms with Crippen LogP contribution in [0.2, 0.25) is 0 Å². The van der Waals surface area contributed by atoms with E-state index in [4.69, 9.17) is 9.47 Å². The van der Waals surface area contributed by atoms with Gasteiger partial charge in [0.2, 0.25) is 0 Å². The maximum atomic E-state index is 17.6. The predicted molar refractivity (Wildman–Crippen MR) is 173 cm³/mol. The third-order valence-electron chi connectivity index (χ3n) is 11.9. The normalized spacial score (nSPS) is 39.4. The molecule has 2 aromatic carbocycles. The minimum atomic E-state index is -2.03. The summed E-state index contributed by atoms with van der Waals surface area (Å²) in [5, 5.41) is 22.0. The summed E-state index contributed by atoms with van der Waals surface area (Å²) < 4.78 is 30.8. The molecule has 9 atom stereocenters. The van der Waals surface area contributed by atoms with E-state index in [1.165, 1.54) is 17.7 Å². The van der Waals surface area contributed by atoms with Crippen molar-refractivity contribution in [2.75, 3.05) is 6.61 Å². The summed E-state index contributed by atoms with van der Waals surface area (Å²) in [6, 6.07) is 16.5. The van der Waals surface area contributed by atoms with Gasteiger partial charge in [0.25, 0.3) is 0 Å². The van der Waals surface area contributed by atoms with Gasteiger partial charge in [0, 0.05) is 32.1 Å². The Labute approximate surface area is 274 Å². The molecular formula is C38H43FO6S. The van der Waals surface area contributed by atoms with Gasteiger partial charge in [-0.2, -0.15) is 0 Å². The molecule has 0 unspecified atom stereocenters. The first-order valence-corrected chi connectivity index (χ1v) is 17.3. The van der Waals surface area contributed by atoms with Gasteiger partial charge in [-0.05, 0) is 92.8 Å². The molecule has 0 radical (unpaired) electrons. The number of ketones is 2. The molecule has 3 saturated carbocycles. The minimum absolute atomic E-state index is 0.0287. The SMILES string of the molecule is CC(C)Cc1cccc(Sc2ccc([C@@H]3O[C@@H]4C[C@H]5[C@@H]6CCC7=CC(=O)C=C[C@]7(C)[C@@]6(F)[C@@H](O)C[C@]5(C)[C@]4(C(=O)CO)O3)cc2)c1. The molecule has 4 fully saturated rings. The Morgan fingerprint density at radius 1 is 1.11 bits per heavy atom. The van der Waals surface area contributed by atoms with Crippen LogP contribution >= 0.6 is 11.8 Å². The van der Waals surface area contributed by atoms with Gasteiger partial charge >= 0.3 is 0 Å². The number of aliphatic hydroxyl groups is 2. The van der Waals surface area contributed by atoms with E-state index in [2.05, 4.69) is 38.1 Å². The van der Waals surface area contributed by atoms with Crippen LogP contribution in [0.15, 0.2) is 82.1 Å². The van der Waals surface area contributed by atoms with Crippen LogP contribution in [0.4, 0.5) is 4.39 Å². The van der Waals surface area contributed by atoms with Crippen LogP contribution in [-0.2, 0) is 25.5 Å². The van der Waals surface area contributed by atoms with Crippen LogP contribution in [-0.4, -0.2) is 51.9 Å². The zero-order chi connectivity index (χ0) is 32.6. The number of hydrogen-bond donors (Lipinski definition) is 2. The first-order chi connectivity index (χ1) is 21.9. The minimum Gasteiger partial charge on any atom is -0.390 e. The fourth-order valence-electron chi connectivity index (χ4n) is 9.76. The van der Waals surface area contributed by atoms with E-state index in [9.17, 15) is 19.8 Å². The molecule has 7 rings (SSSR count). The number of rotatable bonds is 7. The lowest BCUT2D eigenvalue weighted by Crippen LogP contribution is -2.69. The maximum Gasteiger partial charge on any atom is 0.193 e. The van der Waals surface area contributed by atoms with E-state index in [0.717, 1.165) is 21.8 Å². The molecule has 5 aliphatic rings. The Hall–Kier alpha value is -2.62. The highest BCUT2D eigenvalue weighted by Crippen LogP contribution is 2.72. The highest BCUT2D eigenvalue weighted by Gasteiger charge is 2.79. The monoisotopic (exact) mass is 646 g/mol. The highest BCUT2D eigenvalue weighted by molar-refractivity contribution is 7.99. The van der Waals surface area contributed by atoms with E-state index in [1.807, 2.05) is 31.2 Å². The van der Waals surface area contributed by atoms with E-state index < -0.39 is 58.9 Å². The first kappa shape index (κ1) is 32.0. The Bertz CT molecular complexity index is 1620. The van der Waals surface area contributed by atoms with Gasteiger partial charge in [-0.25, -0.2) is 4.39 Å². The molecule has 2 aromatic rings. The molecule has 0 aromatic heterocycles. The molecule has 6 nitrogen and oxygen atoms in total. The third kappa shape index (κ3) is 4.51. The molecule has 1 saturated heterocycles. The average Bonchev–Trinajstić information content (AvgIpc) is 3.51. The second-order valence-corrected chi connectivity index (χ2v) is 16.0. The van der Waals surface area contributed by atoms with Crippen molar-refractivity contribution in [1.82, 2.24) is 0 Å². The molecular weight excluding hydrogens is 603 g/mol. The summed E-state index contributed by atoms with van der Waals surface area (Å²) in [4.78, 5) is 28.2. The number of carbonyl (C=O) groups excluding carboxylic acids is 2. The smallest absolute Gasteiger partial charge is 0.193 e. The van der Waals surface area contributed by atoms with Crippen molar-refractivity contribution in [2.45, 2.75) is 99.4 Å². The van der Waals surface area contributed by atoms with Crippen molar-refractivity contribution in [3.63, 3.8) is 0 Å². The van der Waals surface area contributed by atoms with Gasteiger partial charge in [0.05, 0.1) is 12.2 Å². The molecule has 8 heteroatoms. The number of Topliss-reactive ketones (excluding diaryl/α,β-unsaturated/α-hetero) is 1. The zero-order valence-electron chi connectivity index (χ0n) is 26.9. The lowest BCUT2D eigenvalue weighted by Gasteiger charge is -2.62. The van der Waals surface area contributed by atoms with Crippen LogP contribution in [0.1, 0.15) is 70.8 Å². The van der Waals surface area contributed by atoms with Gasteiger partial charge in [-0.15, -0.1) is 0 Å². The summed E-state index contributed by atoms with van der Waals surface area (Å²) >= 11 is 1.68. The third-order valence-corrected chi connectivity index (χ3v) is 12.9. The Kier molecular flexibility index (Phi) is 7.80. The topological polar surface area (TPSA) is 93.1 Å². The molecule has 2 N–H and O–H groups in total. The van der Waals surface area contributed by atoms with Crippen LogP contribution in [0.25, 0.3) is 0 Å². The predicted octanol–water partition coefficient (Wildman–Crippen LogP) is 6.73. The summed E-state index contributed by atoms with van der Waals surface area (Å²) in [6.07, 6.45) is 3.93. The molecule has 0 amide bonds. The highest BCUT2D eigenvalue weighted by atomic mass is 32.2. The quantitative estimate of drug-likeness (QED) is 0.345. The van der Waals surface area contributed by atoms with Gasteiger partial charge in [-0.1, -0.05) is 68.4 Å². The Morgan fingerprint density at radius 3 is 2.59 bits per heavy atom. The summed E-state index contributed by atoms with van der Waals surface area (Å²) in [5.74, 6) is -1.00. The van der Waals surface area contributed by atoms with Crippen molar-refractivity contribution in [1.29, 1.82) is 0 Å². The Morgan fingerprint density at radius 2 is 1.87 bits per heavy atom. The number of carbonyl (C=O) groups is 2. The number of hydrogen-bond acceptors (Lipinski definition) is 7. The second-order valence-electron chi connectivity index (χ2n) is 14.8. The standard InChI is InChI=1S/C38H43FO6S/c1-22(2)16-23-6-5-7-28(17-23)46-27-11-8-24(9-12-27)34-44-33-19-30-29-13-10-25-18-26(41)14-15-35(25,3)37(29,39)31(42)20-36(30,4)38(33,45-34)32(43)21-40/h5-9,11-12,14-15,17-18,22,29-31,33-34,40,42H,10,13,16,19-21H2,1-4H3/t29-,30-,31-,33+,34+,35-,36-,37-,38+/m0/s1. The van der Waals surface area contributed by atoms with Crippen molar-refractivity contribution in [2.24, 2.45) is 28.6 Å². The number of halogens is 1. The van der Waals surface area contributed by atoms with E-state index >= 15 is 4.39 Å². The molecule has 0 bridgehead atoms. The molecule has 4 aliphatic carbocycles. The molecule has 1 aliphatic heterocycles. The number of benzene rings is 2. The molecule has 0 spiro atoms. The van der Waals surface area contributed by atoms with Gasteiger partial charge < -0.3 is 19.7 Å². The van der Waals surface area contributed by atoms with E-state index in [-0.39, 0.29) is 18.1 Å². The van der Waals surface area contributed by atoms with Gasteiger partial charge in [0.1, 0.15) is 6.61 Å². The summed E-state index contributed by atoms with van der Waals surface area (Å²) in [7, 11) is 0. The lowest BCUT2D eigenvalue weighted by atomic mass is 9.44. The number of alkyl halides is 1. The molecule has 244 valence electrons. The Balaban J connectivity index is 1.16. The van der Waals surface area contributed by atoms with Crippen molar-refractivity contribution < 1.29 is 33.7 Å². The van der Waals surface area contributed by atoms with Crippen molar-refractivity contribution in [3.8, 4) is 0 Å². The van der Waals surface area contributed by atoms with Crippen LogP contribution < -0.4 is 0 Å². The van der Waals surface area contributed by atoms with Crippen LogP contribution in [0, 0.1) is 28.6 Å². The number of fused-ring (bicyclic) bond motifs is 7. The maximum absolute atomic E-state index is 17.6. The van der Waals surface area contributed by atoms with Crippen LogP contribution in [0.3, 0.4) is 0 Å². The largest absolute Gasteiger partial charge is 0.390 e. The van der Waals surface area contributed by atoms with Gasteiger partial charge in [-0.3, -0.25) is 9.59 Å². The van der Waals surface area contributed by atoms with Crippen molar-refractivity contribution in [3.05, 3.63) is 83.5 Å².